The van der Waals surface area contributed by atoms with Crippen molar-refractivity contribution in [2.75, 3.05) is 52.5 Å². The summed E-state index contributed by atoms with van der Waals surface area (Å²) in [6, 6.07) is 15.4. The van der Waals surface area contributed by atoms with Crippen LogP contribution in [0.15, 0.2) is 54.6 Å². The Kier molecular flexibility index (Phi) is 6.32. The third-order valence-corrected chi connectivity index (χ3v) is 6.90. The number of rotatable bonds is 4. The van der Waals surface area contributed by atoms with Crippen molar-refractivity contribution in [3.8, 4) is 0 Å². The van der Waals surface area contributed by atoms with E-state index in [4.69, 9.17) is 4.74 Å². The number of hydrogen-bond acceptors (Lipinski definition) is 5. The lowest BCUT2D eigenvalue weighted by molar-refractivity contribution is -0.129. The summed E-state index contributed by atoms with van der Waals surface area (Å²) in [5, 5.41) is 7.89. The van der Waals surface area contributed by atoms with Crippen molar-refractivity contribution < 1.29 is 9.53 Å². The SMILES string of the molecule is O=C(NN1CCNCC1)C1C=CC(N2CCOCC2)CC1c1cccc2ccccc12. The van der Waals surface area contributed by atoms with Crippen LogP contribution in [0.2, 0.25) is 0 Å². The summed E-state index contributed by atoms with van der Waals surface area (Å²) in [5.74, 6) is 0.0846. The molecule has 6 heteroatoms. The van der Waals surface area contributed by atoms with Gasteiger partial charge in [0.1, 0.15) is 0 Å². The highest BCUT2D eigenvalue weighted by Crippen LogP contribution is 2.39. The van der Waals surface area contributed by atoms with Crippen molar-refractivity contribution in [3.63, 3.8) is 0 Å². The maximum absolute atomic E-state index is 13.4. The fourth-order valence-electron chi connectivity index (χ4n) is 5.22. The summed E-state index contributed by atoms with van der Waals surface area (Å²) in [6.45, 7) is 6.99. The average molecular weight is 421 g/mol. The predicted octanol–water partition coefficient (Wildman–Crippen LogP) is 2.14. The molecule has 0 spiro atoms. The molecule has 2 aliphatic heterocycles. The molecule has 2 aromatic carbocycles. The number of carbonyl (C=O) groups is 1. The van der Waals surface area contributed by atoms with Crippen LogP contribution in [0, 0.1) is 5.92 Å². The molecule has 2 heterocycles. The molecule has 0 aromatic heterocycles. The molecule has 164 valence electrons. The number of nitrogens with one attached hydrogen (secondary N) is 2. The highest BCUT2D eigenvalue weighted by Gasteiger charge is 2.36. The van der Waals surface area contributed by atoms with Gasteiger partial charge in [-0.3, -0.25) is 15.1 Å². The van der Waals surface area contributed by atoms with Gasteiger partial charge in [0.15, 0.2) is 0 Å². The van der Waals surface area contributed by atoms with E-state index >= 15 is 0 Å². The van der Waals surface area contributed by atoms with E-state index in [9.17, 15) is 4.79 Å². The van der Waals surface area contributed by atoms with Crippen LogP contribution in [0.25, 0.3) is 10.8 Å². The van der Waals surface area contributed by atoms with Crippen LogP contribution in [0.5, 0.6) is 0 Å². The van der Waals surface area contributed by atoms with Gasteiger partial charge in [-0.2, -0.15) is 0 Å². The van der Waals surface area contributed by atoms with Gasteiger partial charge in [0.2, 0.25) is 5.91 Å². The minimum absolute atomic E-state index is 0.108. The van der Waals surface area contributed by atoms with Crippen LogP contribution in [0.3, 0.4) is 0 Å². The summed E-state index contributed by atoms with van der Waals surface area (Å²) in [4.78, 5) is 15.9. The van der Waals surface area contributed by atoms with Gasteiger partial charge in [0.05, 0.1) is 19.1 Å². The Morgan fingerprint density at radius 3 is 2.58 bits per heavy atom. The second kappa shape index (κ2) is 9.49. The molecule has 0 bridgehead atoms. The van der Waals surface area contributed by atoms with Gasteiger partial charge in [-0.1, -0.05) is 54.6 Å². The summed E-state index contributed by atoms with van der Waals surface area (Å²) in [5.41, 5.74) is 4.48. The van der Waals surface area contributed by atoms with E-state index in [0.29, 0.717) is 6.04 Å². The van der Waals surface area contributed by atoms with Gasteiger partial charge in [-0.25, -0.2) is 5.01 Å². The lowest BCUT2D eigenvalue weighted by Gasteiger charge is -2.40. The van der Waals surface area contributed by atoms with Gasteiger partial charge >= 0.3 is 0 Å². The van der Waals surface area contributed by atoms with E-state index in [2.05, 4.69) is 75.3 Å². The summed E-state index contributed by atoms with van der Waals surface area (Å²) < 4.78 is 5.56. The van der Waals surface area contributed by atoms with E-state index in [1.54, 1.807) is 0 Å². The second-order valence-electron chi connectivity index (χ2n) is 8.75. The summed E-state index contributed by atoms with van der Waals surface area (Å²) in [7, 11) is 0. The van der Waals surface area contributed by atoms with Crippen LogP contribution >= 0.6 is 0 Å². The van der Waals surface area contributed by atoms with Gasteiger partial charge in [0, 0.05) is 51.2 Å². The Morgan fingerprint density at radius 1 is 0.968 bits per heavy atom. The standard InChI is InChI=1S/C25H32N4O2/c30-25(27-29-12-10-26-11-13-29)23-9-8-20(28-14-16-31-17-15-28)18-24(23)22-7-3-5-19-4-1-2-6-21(19)22/h1-9,20,23-24,26H,10-18H2,(H,27,30). The minimum atomic E-state index is -0.169. The van der Waals surface area contributed by atoms with Crippen LogP contribution in [0.4, 0.5) is 0 Å². The van der Waals surface area contributed by atoms with E-state index in [-0.39, 0.29) is 17.7 Å². The lowest BCUT2D eigenvalue weighted by atomic mass is 9.75. The first-order chi connectivity index (χ1) is 15.3. The van der Waals surface area contributed by atoms with E-state index in [1.165, 1.54) is 16.3 Å². The van der Waals surface area contributed by atoms with Crippen LogP contribution in [-0.2, 0) is 9.53 Å². The smallest absolute Gasteiger partial charge is 0.241 e. The van der Waals surface area contributed by atoms with Crippen LogP contribution in [0.1, 0.15) is 17.9 Å². The summed E-state index contributed by atoms with van der Waals surface area (Å²) >= 11 is 0. The number of hydrazine groups is 1. The zero-order valence-electron chi connectivity index (χ0n) is 18.0. The molecule has 1 aliphatic carbocycles. The number of morpholine rings is 1. The van der Waals surface area contributed by atoms with Gasteiger partial charge in [-0.05, 0) is 22.8 Å². The first kappa shape index (κ1) is 20.6. The monoisotopic (exact) mass is 420 g/mol. The molecule has 2 fully saturated rings. The molecule has 6 nitrogen and oxygen atoms in total. The molecule has 3 unspecified atom stereocenters. The van der Waals surface area contributed by atoms with Crippen molar-refractivity contribution in [2.24, 2.45) is 5.92 Å². The van der Waals surface area contributed by atoms with Gasteiger partial charge in [-0.15, -0.1) is 0 Å². The zero-order valence-corrected chi connectivity index (χ0v) is 18.0. The van der Waals surface area contributed by atoms with Crippen molar-refractivity contribution in [1.82, 2.24) is 20.7 Å². The first-order valence-corrected chi connectivity index (χ1v) is 11.5. The number of fused-ring (bicyclic) bond motifs is 1. The second-order valence-corrected chi connectivity index (χ2v) is 8.75. The molecule has 1 amide bonds. The van der Waals surface area contributed by atoms with Gasteiger partial charge < -0.3 is 10.1 Å². The maximum atomic E-state index is 13.4. The number of hydrogen-bond donors (Lipinski definition) is 2. The lowest BCUT2D eigenvalue weighted by Crippen LogP contribution is -2.54. The molecule has 2 N–H and O–H groups in total. The number of benzene rings is 2. The van der Waals surface area contributed by atoms with Crippen LogP contribution in [-0.4, -0.2) is 74.3 Å². The zero-order chi connectivity index (χ0) is 21.0. The topological polar surface area (TPSA) is 56.8 Å². The quantitative estimate of drug-likeness (QED) is 0.743. The third kappa shape index (κ3) is 4.53. The maximum Gasteiger partial charge on any atom is 0.241 e. The fraction of sp³-hybridized carbons (Fsp3) is 0.480. The fourth-order valence-corrected chi connectivity index (χ4v) is 5.22. The molecule has 5 rings (SSSR count). The first-order valence-electron chi connectivity index (χ1n) is 11.5. The number of carbonyl (C=O) groups excluding carboxylic acids is 1. The van der Waals surface area contributed by atoms with Crippen molar-refractivity contribution >= 4 is 16.7 Å². The molecule has 3 atom stereocenters. The molecule has 0 radical (unpaired) electrons. The Morgan fingerprint density at radius 2 is 1.74 bits per heavy atom. The van der Waals surface area contributed by atoms with E-state index in [0.717, 1.165) is 58.9 Å². The molecule has 31 heavy (non-hydrogen) atoms. The normalized spacial score (nSPS) is 27.9. The Labute approximate surface area is 184 Å². The molecule has 2 saturated heterocycles. The van der Waals surface area contributed by atoms with Crippen molar-refractivity contribution in [1.29, 1.82) is 0 Å². The van der Waals surface area contributed by atoms with Crippen molar-refractivity contribution in [3.05, 3.63) is 60.2 Å². The van der Waals surface area contributed by atoms with Gasteiger partial charge in [0.25, 0.3) is 0 Å². The highest BCUT2D eigenvalue weighted by atomic mass is 16.5. The number of piperazine rings is 1. The molecule has 2 aromatic rings. The molecular weight excluding hydrogens is 388 g/mol. The van der Waals surface area contributed by atoms with Crippen LogP contribution < -0.4 is 10.7 Å². The Bertz CT molecular complexity index is 929. The molecular formula is C25H32N4O2. The number of nitrogens with zero attached hydrogens (tertiary/aromatic N) is 2. The largest absolute Gasteiger partial charge is 0.379 e. The number of amides is 1. The number of ether oxygens (including phenoxy) is 1. The summed E-state index contributed by atoms with van der Waals surface area (Å²) in [6.07, 6.45) is 5.37. The minimum Gasteiger partial charge on any atom is -0.379 e. The Balaban J connectivity index is 1.45. The Hall–Kier alpha value is -2.25. The predicted molar refractivity (Wildman–Crippen MR) is 123 cm³/mol. The highest BCUT2D eigenvalue weighted by molar-refractivity contribution is 5.88. The van der Waals surface area contributed by atoms with E-state index in [1.807, 2.05) is 0 Å². The molecule has 0 saturated carbocycles. The van der Waals surface area contributed by atoms with Crippen molar-refractivity contribution in [2.45, 2.75) is 18.4 Å². The average Bonchev–Trinajstić information content (AvgIpc) is 2.84. The van der Waals surface area contributed by atoms with E-state index < -0.39 is 0 Å². The third-order valence-electron chi connectivity index (χ3n) is 6.90. The molecule has 3 aliphatic rings.